The van der Waals surface area contributed by atoms with Gasteiger partial charge in [-0.3, -0.25) is 0 Å². The zero-order valence-electron chi connectivity index (χ0n) is 9.41. The van der Waals surface area contributed by atoms with Gasteiger partial charge in [-0.05, 0) is 20.8 Å². The van der Waals surface area contributed by atoms with E-state index in [0.29, 0.717) is 13.2 Å². The summed E-state index contributed by atoms with van der Waals surface area (Å²) >= 11 is 0. The average Bonchev–Trinajstić information content (AvgIpc) is 2.04. The highest BCUT2D eigenvalue weighted by Crippen LogP contribution is 1.99. The van der Waals surface area contributed by atoms with Crippen LogP contribution in [-0.2, 0) is 14.6 Å². The first-order valence-corrected chi connectivity index (χ1v) is 6.55. The molecule has 0 aromatic carbocycles. The van der Waals surface area contributed by atoms with Crippen LogP contribution in [-0.4, -0.2) is 45.7 Å². The van der Waals surface area contributed by atoms with E-state index in [0.717, 1.165) is 0 Å². The lowest BCUT2D eigenvalue weighted by Crippen LogP contribution is -2.35. The van der Waals surface area contributed by atoms with Crippen molar-refractivity contribution in [3.05, 3.63) is 0 Å². The molecule has 0 aliphatic rings. The van der Waals surface area contributed by atoms with E-state index in [2.05, 4.69) is 5.32 Å². The molecule has 0 fully saturated rings. The predicted octanol–water partition coefficient (Wildman–Crippen LogP) is 0.434. The minimum atomic E-state index is -2.91. The van der Waals surface area contributed by atoms with Crippen LogP contribution in [0, 0.1) is 0 Å². The SMILES string of the molecule is COCC(C)NCCS(=O)(=O)C(C)C. The molecule has 0 aromatic rings. The van der Waals surface area contributed by atoms with Crippen LogP contribution >= 0.6 is 0 Å². The van der Waals surface area contributed by atoms with Crippen molar-refractivity contribution >= 4 is 9.84 Å². The minimum Gasteiger partial charge on any atom is -0.383 e. The molecule has 5 heteroatoms. The summed E-state index contributed by atoms with van der Waals surface area (Å²) in [5.74, 6) is 0.193. The maximum atomic E-state index is 11.4. The van der Waals surface area contributed by atoms with Crippen LogP contribution in [0.1, 0.15) is 20.8 Å². The number of hydrogen-bond donors (Lipinski definition) is 1. The van der Waals surface area contributed by atoms with Crippen LogP contribution in [0.3, 0.4) is 0 Å². The summed E-state index contributed by atoms with van der Waals surface area (Å²) in [6.07, 6.45) is 0. The number of methoxy groups -OCH3 is 1. The Morgan fingerprint density at radius 3 is 2.29 bits per heavy atom. The van der Waals surface area contributed by atoms with Gasteiger partial charge in [0.1, 0.15) is 0 Å². The van der Waals surface area contributed by atoms with E-state index in [4.69, 9.17) is 4.74 Å². The van der Waals surface area contributed by atoms with Crippen molar-refractivity contribution in [3.63, 3.8) is 0 Å². The Bertz CT molecular complexity index is 236. The molecule has 0 heterocycles. The molecule has 0 aliphatic carbocycles. The second kappa shape index (κ2) is 6.37. The van der Waals surface area contributed by atoms with Crippen molar-refractivity contribution in [2.24, 2.45) is 0 Å². The monoisotopic (exact) mass is 223 g/mol. The Kier molecular flexibility index (Phi) is 6.31. The first-order valence-electron chi connectivity index (χ1n) is 4.84. The Balaban J connectivity index is 3.74. The molecule has 1 unspecified atom stereocenters. The molecule has 0 aromatic heterocycles. The lowest BCUT2D eigenvalue weighted by Gasteiger charge is -2.13. The van der Waals surface area contributed by atoms with E-state index in [9.17, 15) is 8.42 Å². The van der Waals surface area contributed by atoms with Crippen LogP contribution in [0.5, 0.6) is 0 Å². The molecule has 4 nitrogen and oxygen atoms in total. The summed E-state index contributed by atoms with van der Waals surface area (Å²) in [6, 6.07) is 0.197. The molecule has 0 spiro atoms. The molecule has 0 saturated carbocycles. The van der Waals surface area contributed by atoms with E-state index in [1.165, 1.54) is 0 Å². The molecule has 0 radical (unpaired) electrons. The third-order valence-electron chi connectivity index (χ3n) is 2.01. The Labute approximate surface area is 86.9 Å². The van der Waals surface area contributed by atoms with Gasteiger partial charge in [0, 0.05) is 19.7 Å². The standard InChI is InChI=1S/C9H21NO3S/c1-8(2)14(11,12)6-5-10-9(3)7-13-4/h8-10H,5-7H2,1-4H3. The van der Waals surface area contributed by atoms with Gasteiger partial charge in [-0.15, -0.1) is 0 Å². The second-order valence-electron chi connectivity index (χ2n) is 3.73. The first kappa shape index (κ1) is 13.9. The highest BCUT2D eigenvalue weighted by Gasteiger charge is 2.15. The molecule has 1 N–H and O–H groups in total. The van der Waals surface area contributed by atoms with Crippen LogP contribution in [0.15, 0.2) is 0 Å². The third-order valence-corrected chi connectivity index (χ3v) is 4.22. The first-order chi connectivity index (χ1) is 6.40. The number of hydrogen-bond acceptors (Lipinski definition) is 4. The zero-order valence-corrected chi connectivity index (χ0v) is 10.2. The molecule has 86 valence electrons. The molecule has 0 bridgehead atoms. The lowest BCUT2D eigenvalue weighted by molar-refractivity contribution is 0.173. The number of sulfone groups is 1. The Morgan fingerprint density at radius 1 is 1.29 bits per heavy atom. The largest absolute Gasteiger partial charge is 0.383 e. The van der Waals surface area contributed by atoms with Gasteiger partial charge in [-0.25, -0.2) is 8.42 Å². The van der Waals surface area contributed by atoms with E-state index < -0.39 is 9.84 Å². The van der Waals surface area contributed by atoms with Gasteiger partial charge >= 0.3 is 0 Å². The Hall–Kier alpha value is -0.130. The molecular formula is C9H21NO3S. The maximum absolute atomic E-state index is 11.4. The maximum Gasteiger partial charge on any atom is 0.153 e. The van der Waals surface area contributed by atoms with Crippen molar-refractivity contribution in [1.29, 1.82) is 0 Å². The minimum absolute atomic E-state index is 0.193. The van der Waals surface area contributed by atoms with Crippen molar-refractivity contribution in [3.8, 4) is 0 Å². The molecule has 0 saturated heterocycles. The molecule has 1 atom stereocenters. The van der Waals surface area contributed by atoms with Crippen molar-refractivity contribution in [2.75, 3.05) is 26.0 Å². The molecular weight excluding hydrogens is 202 g/mol. The Morgan fingerprint density at radius 2 is 1.86 bits per heavy atom. The molecule has 0 rings (SSSR count). The lowest BCUT2D eigenvalue weighted by atomic mass is 10.4. The quantitative estimate of drug-likeness (QED) is 0.680. The van der Waals surface area contributed by atoms with Crippen LogP contribution in [0.2, 0.25) is 0 Å². The molecule has 0 amide bonds. The highest BCUT2D eigenvalue weighted by atomic mass is 32.2. The van der Waals surface area contributed by atoms with Crippen molar-refractivity contribution in [2.45, 2.75) is 32.1 Å². The van der Waals surface area contributed by atoms with Crippen molar-refractivity contribution in [1.82, 2.24) is 5.32 Å². The smallest absolute Gasteiger partial charge is 0.153 e. The number of nitrogens with one attached hydrogen (secondary N) is 1. The third kappa shape index (κ3) is 5.57. The van der Waals surface area contributed by atoms with Crippen LogP contribution in [0.4, 0.5) is 0 Å². The van der Waals surface area contributed by atoms with Gasteiger partial charge in [0.05, 0.1) is 17.6 Å². The van der Waals surface area contributed by atoms with Gasteiger partial charge < -0.3 is 10.1 Å². The van der Waals surface area contributed by atoms with Gasteiger partial charge in [0.15, 0.2) is 9.84 Å². The second-order valence-corrected chi connectivity index (χ2v) is 6.40. The van der Waals surface area contributed by atoms with E-state index >= 15 is 0 Å². The average molecular weight is 223 g/mol. The number of rotatable bonds is 7. The fraction of sp³-hybridized carbons (Fsp3) is 1.00. The summed E-state index contributed by atoms with van der Waals surface area (Å²) in [5.41, 5.74) is 0. The van der Waals surface area contributed by atoms with Gasteiger partial charge in [0.25, 0.3) is 0 Å². The van der Waals surface area contributed by atoms with Crippen LogP contribution in [0.25, 0.3) is 0 Å². The summed E-state index contributed by atoms with van der Waals surface area (Å²) in [4.78, 5) is 0. The fourth-order valence-electron chi connectivity index (χ4n) is 0.992. The molecule has 0 aliphatic heterocycles. The topological polar surface area (TPSA) is 55.4 Å². The van der Waals surface area contributed by atoms with Gasteiger partial charge in [0.2, 0.25) is 0 Å². The van der Waals surface area contributed by atoms with Gasteiger partial charge in [-0.1, -0.05) is 0 Å². The zero-order chi connectivity index (χ0) is 11.2. The predicted molar refractivity (Wildman–Crippen MR) is 58.3 cm³/mol. The molecule has 14 heavy (non-hydrogen) atoms. The van der Waals surface area contributed by atoms with Crippen LogP contribution < -0.4 is 5.32 Å². The normalized spacial score (nSPS) is 14.6. The van der Waals surface area contributed by atoms with E-state index in [1.54, 1.807) is 21.0 Å². The highest BCUT2D eigenvalue weighted by molar-refractivity contribution is 7.92. The van der Waals surface area contributed by atoms with E-state index in [1.807, 2.05) is 6.92 Å². The number of ether oxygens (including phenoxy) is 1. The fourth-order valence-corrected chi connectivity index (χ4v) is 1.87. The summed E-state index contributed by atoms with van der Waals surface area (Å²) in [7, 11) is -1.28. The van der Waals surface area contributed by atoms with Crippen molar-refractivity contribution < 1.29 is 13.2 Å². The summed E-state index contributed by atoms with van der Waals surface area (Å²) < 4.78 is 27.7. The van der Waals surface area contributed by atoms with Gasteiger partial charge in [-0.2, -0.15) is 0 Å². The summed E-state index contributed by atoms with van der Waals surface area (Å²) in [6.45, 7) is 6.46. The summed E-state index contributed by atoms with van der Waals surface area (Å²) in [5, 5.41) is 2.80. The van der Waals surface area contributed by atoms with E-state index in [-0.39, 0.29) is 17.0 Å².